The summed E-state index contributed by atoms with van der Waals surface area (Å²) in [7, 11) is 0. The summed E-state index contributed by atoms with van der Waals surface area (Å²) in [6.07, 6.45) is 2.65. The lowest BCUT2D eigenvalue weighted by molar-refractivity contribution is -0.142. The third-order valence-corrected chi connectivity index (χ3v) is 2.42. The van der Waals surface area contributed by atoms with Gasteiger partial charge in [-0.15, -0.1) is 5.10 Å². The molecule has 0 spiro atoms. The van der Waals surface area contributed by atoms with E-state index in [1.54, 1.807) is 0 Å². The smallest absolute Gasteiger partial charge is 0.250 e. The third kappa shape index (κ3) is 2.08. The van der Waals surface area contributed by atoms with Crippen molar-refractivity contribution in [3.8, 4) is 0 Å². The first-order valence-corrected chi connectivity index (χ1v) is 5.04. The van der Waals surface area contributed by atoms with Crippen molar-refractivity contribution >= 4 is 11.8 Å². The summed E-state index contributed by atoms with van der Waals surface area (Å²) in [5, 5.41) is 16.1. The number of hydrogen-bond donors (Lipinski definition) is 1. The SMILES string of the molecule is O=C1CCCN1C(=O)Cn1cc(CO)nn1. The maximum Gasteiger partial charge on any atom is 0.250 e. The van der Waals surface area contributed by atoms with Gasteiger partial charge in [-0.25, -0.2) is 4.68 Å². The second-order valence-electron chi connectivity index (χ2n) is 3.61. The molecule has 0 atom stereocenters. The highest BCUT2D eigenvalue weighted by atomic mass is 16.3. The minimum atomic E-state index is -0.281. The zero-order valence-electron chi connectivity index (χ0n) is 8.67. The highest BCUT2D eigenvalue weighted by molar-refractivity contribution is 5.96. The Labute approximate surface area is 91.7 Å². The van der Waals surface area contributed by atoms with Crippen LogP contribution in [0.25, 0.3) is 0 Å². The number of nitrogens with zero attached hydrogens (tertiary/aromatic N) is 4. The summed E-state index contributed by atoms with van der Waals surface area (Å²) in [6, 6.07) is 0. The van der Waals surface area contributed by atoms with Crippen LogP contribution >= 0.6 is 0 Å². The van der Waals surface area contributed by atoms with Crippen molar-refractivity contribution in [2.24, 2.45) is 0 Å². The Morgan fingerprint density at radius 3 is 2.94 bits per heavy atom. The molecule has 0 saturated carbocycles. The first-order valence-electron chi connectivity index (χ1n) is 5.04. The van der Waals surface area contributed by atoms with Gasteiger partial charge in [0.15, 0.2) is 0 Å². The molecule has 1 N–H and O–H groups in total. The first-order chi connectivity index (χ1) is 7.70. The summed E-state index contributed by atoms with van der Waals surface area (Å²) >= 11 is 0. The predicted molar refractivity (Wildman–Crippen MR) is 51.9 cm³/mol. The Morgan fingerprint density at radius 1 is 1.56 bits per heavy atom. The molecular weight excluding hydrogens is 212 g/mol. The van der Waals surface area contributed by atoms with Crippen molar-refractivity contribution in [2.75, 3.05) is 6.54 Å². The fourth-order valence-corrected chi connectivity index (χ4v) is 1.62. The Bertz CT molecular complexity index is 415. The maximum atomic E-state index is 11.7. The number of carbonyl (C=O) groups is 2. The van der Waals surface area contributed by atoms with Gasteiger partial charge in [0.2, 0.25) is 5.91 Å². The molecule has 0 aliphatic carbocycles. The average molecular weight is 224 g/mol. The maximum absolute atomic E-state index is 11.7. The Kier molecular flexibility index (Phi) is 2.95. The summed E-state index contributed by atoms with van der Waals surface area (Å²) in [4.78, 5) is 24.2. The lowest BCUT2D eigenvalue weighted by Crippen LogP contribution is -2.34. The number of rotatable bonds is 3. The number of hydrogen-bond acceptors (Lipinski definition) is 5. The van der Waals surface area contributed by atoms with Gasteiger partial charge in [-0.05, 0) is 6.42 Å². The van der Waals surface area contributed by atoms with E-state index < -0.39 is 0 Å². The Balaban J connectivity index is 1.99. The standard InChI is InChI=1S/C9H12N4O3/c14-6-7-4-12(11-10-7)5-9(16)13-3-1-2-8(13)15/h4,14H,1-3,5-6H2. The molecule has 7 nitrogen and oxygen atoms in total. The van der Waals surface area contributed by atoms with Crippen LogP contribution in [-0.4, -0.2) is 43.4 Å². The monoisotopic (exact) mass is 224 g/mol. The summed E-state index contributed by atoms with van der Waals surface area (Å²) in [5.74, 6) is -0.413. The quantitative estimate of drug-likeness (QED) is 0.705. The number of imide groups is 1. The van der Waals surface area contributed by atoms with E-state index in [0.717, 1.165) is 6.42 Å². The van der Waals surface area contributed by atoms with E-state index in [1.165, 1.54) is 15.8 Å². The van der Waals surface area contributed by atoms with Crippen LogP contribution in [0.5, 0.6) is 0 Å². The van der Waals surface area contributed by atoms with Crippen molar-refractivity contribution in [1.29, 1.82) is 0 Å². The molecule has 7 heteroatoms. The summed E-state index contributed by atoms with van der Waals surface area (Å²) in [5.41, 5.74) is 0.403. The van der Waals surface area contributed by atoms with Gasteiger partial charge in [-0.2, -0.15) is 0 Å². The van der Waals surface area contributed by atoms with Crippen LogP contribution in [0, 0.1) is 0 Å². The fraction of sp³-hybridized carbons (Fsp3) is 0.556. The van der Waals surface area contributed by atoms with Crippen LogP contribution in [0.2, 0.25) is 0 Å². The van der Waals surface area contributed by atoms with E-state index in [1.807, 2.05) is 0 Å². The number of likely N-dealkylation sites (tertiary alicyclic amines) is 1. The number of aromatic nitrogens is 3. The number of carbonyl (C=O) groups excluding carboxylic acids is 2. The highest BCUT2D eigenvalue weighted by Gasteiger charge is 2.26. The normalized spacial score (nSPS) is 15.8. The summed E-state index contributed by atoms with van der Waals surface area (Å²) < 4.78 is 1.32. The van der Waals surface area contributed by atoms with Gasteiger partial charge >= 0.3 is 0 Å². The lowest BCUT2D eigenvalue weighted by Gasteiger charge is -2.12. The lowest BCUT2D eigenvalue weighted by atomic mass is 10.4. The molecule has 0 bridgehead atoms. The van der Waals surface area contributed by atoms with Crippen LogP contribution < -0.4 is 0 Å². The molecule has 1 fully saturated rings. The minimum Gasteiger partial charge on any atom is -0.390 e. The minimum absolute atomic E-state index is 0.0151. The highest BCUT2D eigenvalue weighted by Crippen LogP contribution is 2.10. The van der Waals surface area contributed by atoms with E-state index in [0.29, 0.717) is 18.7 Å². The molecule has 2 rings (SSSR count). The van der Waals surface area contributed by atoms with E-state index >= 15 is 0 Å². The van der Waals surface area contributed by atoms with Crippen LogP contribution in [0.1, 0.15) is 18.5 Å². The molecule has 1 aromatic heterocycles. The number of amides is 2. The first kappa shape index (κ1) is 10.7. The molecule has 1 aromatic rings. The van der Waals surface area contributed by atoms with Gasteiger partial charge in [0.05, 0.1) is 12.8 Å². The Hall–Kier alpha value is -1.76. The molecule has 86 valence electrons. The van der Waals surface area contributed by atoms with Gasteiger partial charge < -0.3 is 5.11 Å². The number of aliphatic hydroxyl groups is 1. The zero-order valence-corrected chi connectivity index (χ0v) is 8.67. The largest absolute Gasteiger partial charge is 0.390 e. The summed E-state index contributed by atoms with van der Waals surface area (Å²) in [6.45, 7) is 0.259. The topological polar surface area (TPSA) is 88.3 Å². The Morgan fingerprint density at radius 2 is 2.38 bits per heavy atom. The van der Waals surface area contributed by atoms with Crippen LogP contribution in [0.3, 0.4) is 0 Å². The average Bonchev–Trinajstić information content (AvgIpc) is 2.86. The second-order valence-corrected chi connectivity index (χ2v) is 3.61. The van der Waals surface area contributed by atoms with Gasteiger partial charge in [-0.1, -0.05) is 5.21 Å². The van der Waals surface area contributed by atoms with Gasteiger partial charge in [0.1, 0.15) is 12.2 Å². The molecule has 0 unspecified atom stereocenters. The number of aliphatic hydroxyl groups excluding tert-OH is 1. The van der Waals surface area contributed by atoms with E-state index in [-0.39, 0.29) is 25.0 Å². The van der Waals surface area contributed by atoms with E-state index in [2.05, 4.69) is 10.3 Å². The van der Waals surface area contributed by atoms with E-state index in [4.69, 9.17) is 5.11 Å². The van der Waals surface area contributed by atoms with Crippen LogP contribution in [-0.2, 0) is 22.7 Å². The van der Waals surface area contributed by atoms with Crippen molar-refractivity contribution in [1.82, 2.24) is 19.9 Å². The molecule has 16 heavy (non-hydrogen) atoms. The molecule has 0 radical (unpaired) electrons. The van der Waals surface area contributed by atoms with Crippen LogP contribution in [0.15, 0.2) is 6.20 Å². The van der Waals surface area contributed by atoms with E-state index in [9.17, 15) is 9.59 Å². The van der Waals surface area contributed by atoms with Crippen LogP contribution in [0.4, 0.5) is 0 Å². The second kappa shape index (κ2) is 4.40. The van der Waals surface area contributed by atoms with Crippen molar-refractivity contribution in [3.05, 3.63) is 11.9 Å². The molecular formula is C9H12N4O3. The predicted octanol–water partition coefficient (Wildman–Crippen LogP) is -1.08. The van der Waals surface area contributed by atoms with Gasteiger partial charge in [0.25, 0.3) is 5.91 Å². The molecule has 1 saturated heterocycles. The molecule has 1 aliphatic heterocycles. The van der Waals surface area contributed by atoms with Gasteiger partial charge in [-0.3, -0.25) is 14.5 Å². The van der Waals surface area contributed by atoms with Crippen molar-refractivity contribution < 1.29 is 14.7 Å². The van der Waals surface area contributed by atoms with Crippen molar-refractivity contribution in [2.45, 2.75) is 26.0 Å². The fourth-order valence-electron chi connectivity index (χ4n) is 1.62. The molecule has 1 aliphatic rings. The molecule has 2 heterocycles. The van der Waals surface area contributed by atoms with Crippen molar-refractivity contribution in [3.63, 3.8) is 0 Å². The molecule has 2 amide bonds. The third-order valence-electron chi connectivity index (χ3n) is 2.42. The zero-order chi connectivity index (χ0) is 11.5. The molecule has 0 aromatic carbocycles. The van der Waals surface area contributed by atoms with Gasteiger partial charge in [0, 0.05) is 13.0 Å².